The molecule has 0 aliphatic heterocycles. The van der Waals surface area contributed by atoms with Crippen molar-refractivity contribution < 1.29 is 0 Å². The smallest absolute Gasteiger partial charge is 0.136 e. The topological polar surface area (TPSA) is 30.2 Å². The van der Waals surface area contributed by atoms with E-state index >= 15 is 0 Å². The highest BCUT2D eigenvalue weighted by molar-refractivity contribution is 5.51. The van der Waals surface area contributed by atoms with Crippen molar-refractivity contribution >= 4 is 5.52 Å². The molecule has 2 aromatic rings. The number of rotatable bonds is 0. The van der Waals surface area contributed by atoms with Gasteiger partial charge in [0.25, 0.3) is 0 Å². The molecule has 10 heavy (non-hydrogen) atoms. The third kappa shape index (κ3) is 0.603. The summed E-state index contributed by atoms with van der Waals surface area (Å²) in [6.45, 7) is 2.04. The number of fused-ring (bicyclic) bond motifs is 1. The second-order valence-electron chi connectivity index (χ2n) is 2.24. The lowest BCUT2D eigenvalue weighted by molar-refractivity contribution is 0.902. The van der Waals surface area contributed by atoms with Crippen molar-refractivity contribution in [2.45, 2.75) is 6.92 Å². The third-order valence-corrected chi connectivity index (χ3v) is 1.56. The van der Waals surface area contributed by atoms with Gasteiger partial charge in [-0.2, -0.15) is 5.10 Å². The number of hydrogen-bond acceptors (Lipinski definition) is 2. The number of aryl methyl sites for hydroxylation is 1. The fourth-order valence-corrected chi connectivity index (χ4v) is 0.980. The van der Waals surface area contributed by atoms with E-state index in [4.69, 9.17) is 0 Å². The van der Waals surface area contributed by atoms with E-state index in [0.717, 1.165) is 5.52 Å². The molecule has 0 spiro atoms. The molecule has 0 unspecified atom stereocenters. The van der Waals surface area contributed by atoms with Crippen molar-refractivity contribution in [1.82, 2.24) is 14.6 Å². The Morgan fingerprint density at radius 2 is 2.40 bits per heavy atom. The van der Waals surface area contributed by atoms with Crippen LogP contribution >= 0.6 is 0 Å². The quantitative estimate of drug-likeness (QED) is 0.537. The molecule has 2 aromatic heterocycles. The molecule has 3 heteroatoms. The first kappa shape index (κ1) is 5.41. The molecule has 0 fully saturated rings. The maximum absolute atomic E-state index is 4.01. The van der Waals surface area contributed by atoms with Crippen molar-refractivity contribution in [3.05, 3.63) is 30.4 Å². The molecule has 0 saturated heterocycles. The second-order valence-corrected chi connectivity index (χ2v) is 2.24. The first-order chi connectivity index (χ1) is 4.88. The summed E-state index contributed by atoms with van der Waals surface area (Å²) < 4.78 is 1.81. The molecule has 0 aromatic carbocycles. The predicted octanol–water partition coefficient (Wildman–Crippen LogP) is 1.04. The first-order valence-electron chi connectivity index (χ1n) is 3.12. The van der Waals surface area contributed by atoms with Gasteiger partial charge in [0.05, 0.1) is 11.7 Å². The molecule has 0 bridgehead atoms. The molecule has 3 nitrogen and oxygen atoms in total. The Balaban J connectivity index is 2.93. The van der Waals surface area contributed by atoms with Crippen LogP contribution in [0.3, 0.4) is 0 Å². The van der Waals surface area contributed by atoms with E-state index in [0.29, 0.717) is 0 Å². The largest absolute Gasteiger partial charge is 0.241 e. The van der Waals surface area contributed by atoms with E-state index in [1.807, 2.05) is 29.9 Å². The first-order valence-corrected chi connectivity index (χ1v) is 3.12. The third-order valence-electron chi connectivity index (χ3n) is 1.56. The van der Waals surface area contributed by atoms with Crippen LogP contribution in [0.1, 0.15) is 5.56 Å². The Labute approximate surface area is 58.3 Å². The summed E-state index contributed by atoms with van der Waals surface area (Å²) in [5.74, 6) is 0. The fourth-order valence-electron chi connectivity index (χ4n) is 0.980. The molecule has 0 N–H and O–H groups in total. The lowest BCUT2D eigenvalue weighted by atomic mass is 10.3. The SMILES string of the molecule is Cc1ccn2ncncc12. The van der Waals surface area contributed by atoms with E-state index in [2.05, 4.69) is 10.1 Å². The lowest BCUT2D eigenvalue weighted by Crippen LogP contribution is -1.88. The number of aromatic nitrogens is 3. The summed E-state index contributed by atoms with van der Waals surface area (Å²) in [6.07, 6.45) is 5.26. The normalized spacial score (nSPS) is 10.5. The summed E-state index contributed by atoms with van der Waals surface area (Å²) >= 11 is 0. The Hall–Kier alpha value is -1.38. The van der Waals surface area contributed by atoms with Gasteiger partial charge in [0, 0.05) is 6.20 Å². The van der Waals surface area contributed by atoms with Crippen molar-refractivity contribution in [2.24, 2.45) is 0 Å². The summed E-state index contributed by atoms with van der Waals surface area (Å²) in [4.78, 5) is 3.91. The molecule has 0 atom stereocenters. The molecule has 0 amide bonds. The van der Waals surface area contributed by atoms with Crippen LogP contribution in [0, 0.1) is 6.92 Å². The zero-order chi connectivity index (χ0) is 6.97. The maximum atomic E-state index is 4.01. The van der Waals surface area contributed by atoms with Gasteiger partial charge in [-0.3, -0.25) is 0 Å². The molecule has 0 aliphatic carbocycles. The van der Waals surface area contributed by atoms with Gasteiger partial charge in [-0.25, -0.2) is 9.50 Å². The van der Waals surface area contributed by atoms with Crippen LogP contribution in [-0.4, -0.2) is 14.6 Å². The van der Waals surface area contributed by atoms with Gasteiger partial charge in [-0.05, 0) is 18.6 Å². The van der Waals surface area contributed by atoms with Crippen molar-refractivity contribution in [3.63, 3.8) is 0 Å². The average molecular weight is 133 g/mol. The van der Waals surface area contributed by atoms with Crippen LogP contribution in [-0.2, 0) is 0 Å². The second kappa shape index (κ2) is 1.80. The standard InChI is InChI=1S/C7H7N3/c1-6-2-3-10-7(6)4-8-5-9-10/h2-5H,1H3. The van der Waals surface area contributed by atoms with E-state index in [1.54, 1.807) is 0 Å². The molecule has 2 heterocycles. The molecular weight excluding hydrogens is 126 g/mol. The molecule has 2 rings (SSSR count). The molecule has 0 radical (unpaired) electrons. The lowest BCUT2D eigenvalue weighted by Gasteiger charge is -1.89. The van der Waals surface area contributed by atoms with Gasteiger partial charge in [0.2, 0.25) is 0 Å². The highest BCUT2D eigenvalue weighted by Gasteiger charge is 1.94. The molecular formula is C7H7N3. The minimum atomic E-state index is 1.07. The summed E-state index contributed by atoms with van der Waals surface area (Å²) in [6, 6.07) is 2.02. The monoisotopic (exact) mass is 133 g/mol. The summed E-state index contributed by atoms with van der Waals surface area (Å²) in [7, 11) is 0. The summed E-state index contributed by atoms with van der Waals surface area (Å²) in [5, 5.41) is 4.01. The van der Waals surface area contributed by atoms with Crippen molar-refractivity contribution in [1.29, 1.82) is 0 Å². The Morgan fingerprint density at radius 1 is 1.50 bits per heavy atom. The number of nitrogens with zero attached hydrogens (tertiary/aromatic N) is 3. The van der Waals surface area contributed by atoms with E-state index in [-0.39, 0.29) is 0 Å². The van der Waals surface area contributed by atoms with Gasteiger partial charge >= 0.3 is 0 Å². The predicted molar refractivity (Wildman–Crippen MR) is 37.7 cm³/mol. The van der Waals surface area contributed by atoms with Crippen LogP contribution in [0.4, 0.5) is 0 Å². The van der Waals surface area contributed by atoms with Crippen LogP contribution < -0.4 is 0 Å². The van der Waals surface area contributed by atoms with E-state index in [9.17, 15) is 0 Å². The highest BCUT2D eigenvalue weighted by Crippen LogP contribution is 2.06. The average Bonchev–Trinajstić information content (AvgIpc) is 2.34. The van der Waals surface area contributed by atoms with Crippen LogP contribution in [0.25, 0.3) is 5.52 Å². The Kier molecular flexibility index (Phi) is 0.974. The fraction of sp³-hybridized carbons (Fsp3) is 0.143. The van der Waals surface area contributed by atoms with Gasteiger partial charge in [0.15, 0.2) is 0 Å². The van der Waals surface area contributed by atoms with Gasteiger partial charge in [-0.1, -0.05) is 0 Å². The molecule has 0 saturated carbocycles. The van der Waals surface area contributed by atoms with Gasteiger partial charge in [0.1, 0.15) is 6.33 Å². The van der Waals surface area contributed by atoms with Crippen LogP contribution in [0.5, 0.6) is 0 Å². The zero-order valence-electron chi connectivity index (χ0n) is 5.65. The number of hydrogen-bond donors (Lipinski definition) is 0. The van der Waals surface area contributed by atoms with Crippen LogP contribution in [0.2, 0.25) is 0 Å². The molecule has 0 aliphatic rings. The zero-order valence-corrected chi connectivity index (χ0v) is 5.65. The van der Waals surface area contributed by atoms with E-state index < -0.39 is 0 Å². The van der Waals surface area contributed by atoms with E-state index in [1.165, 1.54) is 11.9 Å². The van der Waals surface area contributed by atoms with Crippen LogP contribution in [0.15, 0.2) is 24.8 Å². The summed E-state index contributed by atoms with van der Waals surface area (Å²) in [5.41, 5.74) is 2.28. The van der Waals surface area contributed by atoms with Crippen molar-refractivity contribution in [2.75, 3.05) is 0 Å². The maximum Gasteiger partial charge on any atom is 0.136 e. The Morgan fingerprint density at radius 3 is 3.20 bits per heavy atom. The highest BCUT2D eigenvalue weighted by atomic mass is 15.2. The minimum Gasteiger partial charge on any atom is -0.241 e. The Bertz CT molecular complexity index is 350. The van der Waals surface area contributed by atoms with Crippen molar-refractivity contribution in [3.8, 4) is 0 Å². The van der Waals surface area contributed by atoms with Gasteiger partial charge < -0.3 is 0 Å². The minimum absolute atomic E-state index is 1.07. The molecule has 50 valence electrons. The van der Waals surface area contributed by atoms with Gasteiger partial charge in [-0.15, -0.1) is 0 Å².